The van der Waals surface area contributed by atoms with Crippen molar-refractivity contribution in [1.82, 2.24) is 0 Å². The van der Waals surface area contributed by atoms with Crippen LogP contribution in [0.2, 0.25) is 0 Å². The van der Waals surface area contributed by atoms with Crippen molar-refractivity contribution in [2.75, 3.05) is 0 Å². The summed E-state index contributed by atoms with van der Waals surface area (Å²) in [6.45, 7) is 0. The molecule has 2 nitrogen and oxygen atoms in total. The molecular weight excluding hydrogens is 490 g/mol. The summed E-state index contributed by atoms with van der Waals surface area (Å²) in [7, 11) is 0. The summed E-state index contributed by atoms with van der Waals surface area (Å²) in [4.78, 5) is 12.6. The van der Waals surface area contributed by atoms with E-state index in [-0.39, 0.29) is 16.3 Å². The molecule has 0 radical (unpaired) electrons. The van der Waals surface area contributed by atoms with Gasteiger partial charge in [-0.1, -0.05) is 121 Å². The molecule has 4 heteroatoms. The molecule has 0 unspecified atom stereocenters. The maximum Gasteiger partial charge on any atom is 0.336 e. The van der Waals surface area contributed by atoms with E-state index < -0.39 is 17.6 Å². The van der Waals surface area contributed by atoms with Crippen molar-refractivity contribution in [2.45, 2.75) is 0 Å². The van der Waals surface area contributed by atoms with Gasteiger partial charge in [-0.25, -0.2) is 13.6 Å². The van der Waals surface area contributed by atoms with Gasteiger partial charge >= 0.3 is 5.97 Å². The molecule has 188 valence electrons. The van der Waals surface area contributed by atoms with Crippen molar-refractivity contribution >= 4 is 16.7 Å². The number of rotatable bonds is 5. The summed E-state index contributed by atoms with van der Waals surface area (Å²) < 4.78 is 31.4. The monoisotopic (exact) mass is 512 g/mol. The van der Waals surface area contributed by atoms with E-state index >= 15 is 8.78 Å². The predicted octanol–water partition coefficient (Wildman–Crippen LogP) is 9.48. The molecule has 0 atom stereocenters. The molecular formula is C35H22F2O2. The Labute approximate surface area is 224 Å². The second-order valence-electron chi connectivity index (χ2n) is 9.24. The Morgan fingerprint density at radius 2 is 0.821 bits per heavy atom. The van der Waals surface area contributed by atoms with Crippen molar-refractivity contribution in [3.8, 4) is 44.5 Å². The number of aromatic carboxylic acids is 1. The molecule has 0 saturated heterocycles. The molecule has 39 heavy (non-hydrogen) atoms. The molecule has 6 rings (SSSR count). The summed E-state index contributed by atoms with van der Waals surface area (Å²) in [5, 5.41) is 10.4. The number of carbonyl (C=O) groups is 1. The SMILES string of the molecule is O=C(O)c1cc(F)c(F)c2c(-c3ccccc3)c(-c3ccccc3)c(-c3ccccc3)c(-c3ccccc3)c12. The Morgan fingerprint density at radius 1 is 0.487 bits per heavy atom. The maximum absolute atomic E-state index is 16.1. The Kier molecular flexibility index (Phi) is 6.22. The van der Waals surface area contributed by atoms with Gasteiger partial charge in [-0.05, 0) is 45.0 Å². The van der Waals surface area contributed by atoms with Gasteiger partial charge in [0, 0.05) is 16.3 Å². The third-order valence-electron chi connectivity index (χ3n) is 6.95. The van der Waals surface area contributed by atoms with Crippen molar-refractivity contribution < 1.29 is 18.7 Å². The minimum Gasteiger partial charge on any atom is -0.478 e. The highest BCUT2D eigenvalue weighted by atomic mass is 19.2. The minimum atomic E-state index is -1.33. The molecule has 0 saturated carbocycles. The number of carboxylic acid groups (broad SMARTS) is 1. The van der Waals surface area contributed by atoms with Crippen LogP contribution < -0.4 is 0 Å². The van der Waals surface area contributed by atoms with Crippen molar-refractivity contribution in [3.63, 3.8) is 0 Å². The molecule has 0 fully saturated rings. The van der Waals surface area contributed by atoms with E-state index in [1.807, 2.05) is 121 Å². The van der Waals surface area contributed by atoms with Crippen LogP contribution in [0.3, 0.4) is 0 Å². The zero-order valence-corrected chi connectivity index (χ0v) is 20.7. The molecule has 0 aliphatic carbocycles. The summed E-state index contributed by atoms with van der Waals surface area (Å²) >= 11 is 0. The van der Waals surface area contributed by atoms with Crippen LogP contribution >= 0.6 is 0 Å². The predicted molar refractivity (Wildman–Crippen MR) is 153 cm³/mol. The Bertz CT molecular complexity index is 1820. The number of fused-ring (bicyclic) bond motifs is 1. The van der Waals surface area contributed by atoms with Crippen molar-refractivity contribution in [2.24, 2.45) is 0 Å². The van der Waals surface area contributed by atoms with Crippen LogP contribution in [0.4, 0.5) is 8.78 Å². The van der Waals surface area contributed by atoms with Gasteiger partial charge < -0.3 is 5.11 Å². The first-order valence-corrected chi connectivity index (χ1v) is 12.5. The lowest BCUT2D eigenvalue weighted by Crippen LogP contribution is -2.06. The normalized spacial score (nSPS) is 11.0. The topological polar surface area (TPSA) is 37.3 Å². The van der Waals surface area contributed by atoms with E-state index in [9.17, 15) is 9.90 Å². The zero-order chi connectivity index (χ0) is 26.9. The number of hydrogen-bond acceptors (Lipinski definition) is 1. The molecule has 1 N–H and O–H groups in total. The molecule has 0 amide bonds. The van der Waals surface area contributed by atoms with Crippen LogP contribution in [-0.2, 0) is 0 Å². The van der Waals surface area contributed by atoms with Gasteiger partial charge in [0.2, 0.25) is 0 Å². The molecule has 0 aliphatic heterocycles. The highest BCUT2D eigenvalue weighted by Crippen LogP contribution is 2.52. The number of halogens is 2. The van der Waals surface area contributed by atoms with Crippen molar-refractivity contribution in [1.29, 1.82) is 0 Å². The largest absolute Gasteiger partial charge is 0.478 e. The molecule has 0 heterocycles. The Hall–Kier alpha value is -5.09. The first-order valence-electron chi connectivity index (χ1n) is 12.5. The lowest BCUT2D eigenvalue weighted by molar-refractivity contribution is 0.0698. The first kappa shape index (κ1) is 24.3. The summed E-state index contributed by atoms with van der Waals surface area (Å²) in [5.74, 6) is -3.62. The van der Waals surface area contributed by atoms with E-state index in [0.717, 1.165) is 22.8 Å². The smallest absolute Gasteiger partial charge is 0.336 e. The van der Waals surface area contributed by atoms with Gasteiger partial charge in [-0.2, -0.15) is 0 Å². The van der Waals surface area contributed by atoms with E-state index in [0.29, 0.717) is 27.8 Å². The molecule has 6 aromatic rings. The van der Waals surface area contributed by atoms with Gasteiger partial charge in [0.1, 0.15) is 0 Å². The molecule has 0 bridgehead atoms. The number of hydrogen-bond donors (Lipinski definition) is 1. The lowest BCUT2D eigenvalue weighted by Gasteiger charge is -2.25. The van der Waals surface area contributed by atoms with Crippen LogP contribution in [0, 0.1) is 11.6 Å². The highest BCUT2D eigenvalue weighted by Gasteiger charge is 2.30. The van der Waals surface area contributed by atoms with Gasteiger partial charge in [-0.3, -0.25) is 0 Å². The van der Waals surface area contributed by atoms with Gasteiger partial charge in [-0.15, -0.1) is 0 Å². The van der Waals surface area contributed by atoms with E-state index in [1.165, 1.54) is 0 Å². The van der Waals surface area contributed by atoms with Crippen LogP contribution in [0.1, 0.15) is 10.4 Å². The van der Waals surface area contributed by atoms with E-state index in [1.54, 1.807) is 0 Å². The molecule has 0 aliphatic rings. The van der Waals surface area contributed by atoms with Crippen LogP contribution in [0.15, 0.2) is 127 Å². The van der Waals surface area contributed by atoms with E-state index in [4.69, 9.17) is 0 Å². The second-order valence-corrected chi connectivity index (χ2v) is 9.24. The fraction of sp³-hybridized carbons (Fsp3) is 0. The van der Waals surface area contributed by atoms with Gasteiger partial charge in [0.25, 0.3) is 0 Å². The minimum absolute atomic E-state index is 0.0593. The van der Waals surface area contributed by atoms with Crippen molar-refractivity contribution in [3.05, 3.63) is 145 Å². The first-order chi connectivity index (χ1) is 19.1. The lowest BCUT2D eigenvalue weighted by atomic mass is 9.77. The molecule has 6 aromatic carbocycles. The average Bonchev–Trinajstić information content (AvgIpc) is 2.99. The zero-order valence-electron chi connectivity index (χ0n) is 20.7. The Morgan fingerprint density at radius 3 is 1.18 bits per heavy atom. The quantitative estimate of drug-likeness (QED) is 0.250. The van der Waals surface area contributed by atoms with E-state index in [2.05, 4.69) is 0 Å². The summed E-state index contributed by atoms with van der Waals surface area (Å²) in [5.41, 5.74) is 5.10. The maximum atomic E-state index is 16.1. The van der Waals surface area contributed by atoms with Crippen LogP contribution in [0.5, 0.6) is 0 Å². The average molecular weight is 513 g/mol. The number of benzene rings is 6. The summed E-state index contributed by atoms with van der Waals surface area (Å²) in [6.07, 6.45) is 0. The van der Waals surface area contributed by atoms with Crippen LogP contribution in [-0.4, -0.2) is 11.1 Å². The fourth-order valence-corrected chi connectivity index (χ4v) is 5.36. The number of carboxylic acids is 1. The second kappa shape index (κ2) is 9.99. The molecule has 0 spiro atoms. The third kappa shape index (κ3) is 4.16. The van der Waals surface area contributed by atoms with Gasteiger partial charge in [0.15, 0.2) is 11.6 Å². The Balaban J connectivity index is 2.01. The van der Waals surface area contributed by atoms with Crippen LogP contribution in [0.25, 0.3) is 55.3 Å². The highest BCUT2D eigenvalue weighted by molar-refractivity contribution is 6.22. The molecule has 0 aromatic heterocycles. The fourth-order valence-electron chi connectivity index (χ4n) is 5.36. The third-order valence-corrected chi connectivity index (χ3v) is 6.95. The standard InChI is InChI=1S/C35H22F2O2/c36-27-21-26(35(38)39)32-30(24-17-9-3-10-18-24)28(22-13-5-1-6-14-22)29(23-15-7-2-8-16-23)31(33(32)34(27)37)25-19-11-4-12-20-25/h1-21H,(H,38,39). The summed E-state index contributed by atoms with van der Waals surface area (Å²) in [6, 6.07) is 38.5. The van der Waals surface area contributed by atoms with Gasteiger partial charge in [0.05, 0.1) is 5.56 Å².